The van der Waals surface area contributed by atoms with Crippen LogP contribution in [0.4, 0.5) is 11.4 Å². The number of rotatable bonds is 2. The van der Waals surface area contributed by atoms with Crippen molar-refractivity contribution in [3.8, 4) is 0 Å². The third-order valence-electron chi connectivity index (χ3n) is 4.54. The molecule has 1 aromatic heterocycles. The van der Waals surface area contributed by atoms with Gasteiger partial charge in [-0.3, -0.25) is 4.79 Å². The molecular formula is C16H22N4O. The van der Waals surface area contributed by atoms with Gasteiger partial charge in [-0.25, -0.2) is 4.98 Å². The molecule has 2 aromatic rings. The Morgan fingerprint density at radius 1 is 1.24 bits per heavy atom. The second kappa shape index (κ2) is 5.76. The van der Waals surface area contributed by atoms with Crippen LogP contribution in [-0.2, 0) is 0 Å². The van der Waals surface area contributed by atoms with Gasteiger partial charge in [-0.1, -0.05) is 25.7 Å². The standard InChI is InChI=1S/C16H22N4O/c1-20(11-6-4-2-3-5-7-11)15-9-14-12(8-13(15)17)16(21)19-10-18-14/h8-11H,2-7,17H2,1H3,(H,18,19,21). The number of nitrogens with zero attached hydrogens (tertiary/aromatic N) is 2. The van der Waals surface area contributed by atoms with Crippen LogP contribution < -0.4 is 16.2 Å². The number of aromatic nitrogens is 2. The van der Waals surface area contributed by atoms with Crippen LogP contribution in [0.3, 0.4) is 0 Å². The lowest BCUT2D eigenvalue weighted by Gasteiger charge is -2.30. The lowest BCUT2D eigenvalue weighted by Crippen LogP contribution is -2.31. The largest absolute Gasteiger partial charge is 0.397 e. The number of benzene rings is 1. The summed E-state index contributed by atoms with van der Waals surface area (Å²) in [5.74, 6) is 0. The molecular weight excluding hydrogens is 264 g/mol. The highest BCUT2D eigenvalue weighted by Crippen LogP contribution is 2.31. The van der Waals surface area contributed by atoms with Crippen LogP contribution in [0.15, 0.2) is 23.3 Å². The average molecular weight is 286 g/mol. The first-order chi connectivity index (χ1) is 10.2. The van der Waals surface area contributed by atoms with Crippen molar-refractivity contribution in [3.63, 3.8) is 0 Å². The van der Waals surface area contributed by atoms with E-state index < -0.39 is 0 Å². The summed E-state index contributed by atoms with van der Waals surface area (Å²) < 4.78 is 0. The van der Waals surface area contributed by atoms with E-state index in [9.17, 15) is 4.79 Å². The van der Waals surface area contributed by atoms with Crippen LogP contribution in [0.1, 0.15) is 38.5 Å². The van der Waals surface area contributed by atoms with Gasteiger partial charge in [-0.2, -0.15) is 0 Å². The van der Waals surface area contributed by atoms with Crippen LogP contribution in [0.5, 0.6) is 0 Å². The Balaban J connectivity index is 1.99. The molecule has 1 aliphatic carbocycles. The number of nitrogens with one attached hydrogen (secondary N) is 1. The topological polar surface area (TPSA) is 75.0 Å². The number of hydrogen-bond donors (Lipinski definition) is 2. The fourth-order valence-electron chi connectivity index (χ4n) is 3.27. The van der Waals surface area contributed by atoms with Crippen LogP contribution in [-0.4, -0.2) is 23.1 Å². The highest BCUT2D eigenvalue weighted by Gasteiger charge is 2.19. The van der Waals surface area contributed by atoms with E-state index in [0.29, 0.717) is 22.6 Å². The van der Waals surface area contributed by atoms with Crippen LogP contribution in [0.2, 0.25) is 0 Å². The maximum Gasteiger partial charge on any atom is 0.258 e. The molecule has 21 heavy (non-hydrogen) atoms. The predicted molar refractivity (Wildman–Crippen MR) is 86.7 cm³/mol. The first kappa shape index (κ1) is 13.9. The summed E-state index contributed by atoms with van der Waals surface area (Å²) in [7, 11) is 2.10. The molecule has 0 radical (unpaired) electrons. The molecule has 0 saturated heterocycles. The molecule has 0 atom stereocenters. The highest BCUT2D eigenvalue weighted by molar-refractivity contribution is 5.88. The second-order valence-electron chi connectivity index (χ2n) is 5.92. The van der Waals surface area contributed by atoms with E-state index in [4.69, 9.17) is 5.73 Å². The molecule has 3 N–H and O–H groups in total. The highest BCUT2D eigenvalue weighted by atomic mass is 16.1. The molecule has 112 valence electrons. The summed E-state index contributed by atoms with van der Waals surface area (Å²) in [5, 5.41) is 0.549. The molecule has 0 amide bonds. The molecule has 3 rings (SSSR count). The zero-order chi connectivity index (χ0) is 14.8. The van der Waals surface area contributed by atoms with Crippen molar-refractivity contribution in [1.29, 1.82) is 0 Å². The molecule has 5 nitrogen and oxygen atoms in total. The lowest BCUT2D eigenvalue weighted by atomic mass is 10.1. The van der Waals surface area contributed by atoms with Gasteiger partial charge in [0.25, 0.3) is 5.56 Å². The van der Waals surface area contributed by atoms with Gasteiger partial charge in [-0.15, -0.1) is 0 Å². The Bertz CT molecular complexity index is 686. The average Bonchev–Trinajstić information content (AvgIpc) is 2.76. The Morgan fingerprint density at radius 2 is 1.95 bits per heavy atom. The van der Waals surface area contributed by atoms with E-state index in [2.05, 4.69) is 21.9 Å². The molecule has 0 spiro atoms. The summed E-state index contributed by atoms with van der Waals surface area (Å²) in [6, 6.07) is 4.20. The summed E-state index contributed by atoms with van der Waals surface area (Å²) in [5.41, 5.74) is 8.36. The molecule has 1 aromatic carbocycles. The summed E-state index contributed by atoms with van der Waals surface area (Å²) in [6.45, 7) is 0. The first-order valence-electron chi connectivity index (χ1n) is 7.66. The smallest absolute Gasteiger partial charge is 0.258 e. The minimum Gasteiger partial charge on any atom is -0.397 e. The Labute approximate surface area is 124 Å². The molecule has 0 bridgehead atoms. The summed E-state index contributed by atoms with van der Waals surface area (Å²) >= 11 is 0. The van der Waals surface area contributed by atoms with Gasteiger partial charge in [-0.05, 0) is 25.0 Å². The van der Waals surface area contributed by atoms with E-state index in [0.717, 1.165) is 5.69 Å². The van der Waals surface area contributed by atoms with Crippen LogP contribution in [0, 0.1) is 0 Å². The van der Waals surface area contributed by atoms with Gasteiger partial charge >= 0.3 is 0 Å². The van der Waals surface area contributed by atoms with Crippen molar-refractivity contribution in [2.45, 2.75) is 44.6 Å². The van der Waals surface area contributed by atoms with Gasteiger partial charge < -0.3 is 15.6 Å². The van der Waals surface area contributed by atoms with E-state index in [1.165, 1.54) is 44.9 Å². The molecule has 0 unspecified atom stereocenters. The lowest BCUT2D eigenvalue weighted by molar-refractivity contribution is 0.553. The number of H-pyrrole nitrogens is 1. The predicted octanol–water partition coefficient (Wildman–Crippen LogP) is 2.66. The zero-order valence-corrected chi connectivity index (χ0v) is 12.4. The molecule has 1 heterocycles. The zero-order valence-electron chi connectivity index (χ0n) is 12.4. The van der Waals surface area contributed by atoms with Crippen molar-refractivity contribution < 1.29 is 0 Å². The van der Waals surface area contributed by atoms with E-state index in [1.807, 2.05) is 6.07 Å². The van der Waals surface area contributed by atoms with Gasteiger partial charge in [0, 0.05) is 13.1 Å². The van der Waals surface area contributed by atoms with E-state index in [1.54, 1.807) is 6.07 Å². The Kier molecular flexibility index (Phi) is 3.82. The van der Waals surface area contributed by atoms with Crippen molar-refractivity contribution in [2.24, 2.45) is 0 Å². The Morgan fingerprint density at radius 3 is 2.67 bits per heavy atom. The minimum absolute atomic E-state index is 0.143. The third kappa shape index (κ3) is 2.73. The number of nitrogen functional groups attached to an aromatic ring is 1. The quantitative estimate of drug-likeness (QED) is 0.657. The molecule has 1 saturated carbocycles. The fourth-order valence-corrected chi connectivity index (χ4v) is 3.27. The fraction of sp³-hybridized carbons (Fsp3) is 0.500. The van der Waals surface area contributed by atoms with Crippen molar-refractivity contribution in [1.82, 2.24) is 9.97 Å². The maximum atomic E-state index is 11.8. The van der Waals surface area contributed by atoms with Gasteiger partial charge in [0.1, 0.15) is 0 Å². The number of nitrogens with two attached hydrogens (primary N) is 1. The van der Waals surface area contributed by atoms with Crippen molar-refractivity contribution in [2.75, 3.05) is 17.7 Å². The normalized spacial score (nSPS) is 16.8. The number of aromatic amines is 1. The van der Waals surface area contributed by atoms with Crippen molar-refractivity contribution in [3.05, 3.63) is 28.8 Å². The minimum atomic E-state index is -0.143. The van der Waals surface area contributed by atoms with Crippen LogP contribution in [0.25, 0.3) is 10.9 Å². The molecule has 1 fully saturated rings. The number of fused-ring (bicyclic) bond motifs is 1. The molecule has 0 aliphatic heterocycles. The van der Waals surface area contributed by atoms with Gasteiger partial charge in [0.15, 0.2) is 0 Å². The first-order valence-corrected chi connectivity index (χ1v) is 7.66. The second-order valence-corrected chi connectivity index (χ2v) is 5.92. The SMILES string of the molecule is CN(c1cc2nc[nH]c(=O)c2cc1N)C1CCCCCC1. The maximum absolute atomic E-state index is 11.8. The Hall–Kier alpha value is -2.04. The molecule has 1 aliphatic rings. The molecule has 5 heteroatoms. The van der Waals surface area contributed by atoms with Crippen molar-refractivity contribution >= 4 is 22.3 Å². The third-order valence-corrected chi connectivity index (χ3v) is 4.54. The summed E-state index contributed by atoms with van der Waals surface area (Å²) in [6.07, 6.45) is 9.06. The number of hydrogen-bond acceptors (Lipinski definition) is 4. The van der Waals surface area contributed by atoms with E-state index in [-0.39, 0.29) is 5.56 Å². The van der Waals surface area contributed by atoms with E-state index >= 15 is 0 Å². The van der Waals surface area contributed by atoms with Gasteiger partial charge in [0.2, 0.25) is 0 Å². The monoisotopic (exact) mass is 286 g/mol. The summed E-state index contributed by atoms with van der Waals surface area (Å²) in [4.78, 5) is 20.9. The van der Waals surface area contributed by atoms with Crippen LogP contribution >= 0.6 is 0 Å². The number of anilines is 2. The van der Waals surface area contributed by atoms with Gasteiger partial charge in [0.05, 0.1) is 28.6 Å².